The van der Waals surface area contributed by atoms with E-state index >= 15 is 0 Å². The minimum Gasteiger partial charge on any atom is -0.454 e. The van der Waals surface area contributed by atoms with E-state index in [0.717, 1.165) is 5.69 Å². The molecule has 0 radical (unpaired) electrons. The van der Waals surface area contributed by atoms with Crippen LogP contribution < -0.4 is 21.3 Å². The Labute approximate surface area is 171 Å². The van der Waals surface area contributed by atoms with Crippen LogP contribution in [0.5, 0.6) is 11.5 Å². The Balaban J connectivity index is 1.61. The maximum absolute atomic E-state index is 14.6. The Bertz CT molecular complexity index is 1260. The number of ether oxygens (including phenoxy) is 1. The van der Waals surface area contributed by atoms with Gasteiger partial charge in [-0.15, -0.1) is 0 Å². The van der Waals surface area contributed by atoms with Crippen LogP contribution in [0.25, 0.3) is 11.1 Å². The quantitative estimate of drug-likeness (QED) is 0.521. The lowest BCUT2D eigenvalue weighted by molar-refractivity contribution is 0.442. The van der Waals surface area contributed by atoms with Crippen molar-refractivity contribution < 1.29 is 9.13 Å². The third-order valence-electron chi connectivity index (χ3n) is 4.42. The topological polar surface area (TPSA) is 95.1 Å². The predicted molar refractivity (Wildman–Crippen MR) is 113 cm³/mol. The van der Waals surface area contributed by atoms with Crippen LogP contribution in [0.4, 0.5) is 21.8 Å². The highest BCUT2D eigenvalue weighted by molar-refractivity contribution is 5.64. The summed E-state index contributed by atoms with van der Waals surface area (Å²) in [7, 11) is 1.60. The lowest BCUT2D eigenvalue weighted by atomic mass is 10.1. The minimum atomic E-state index is -0.614. The molecule has 2 aromatic heterocycles. The fourth-order valence-corrected chi connectivity index (χ4v) is 2.88. The number of nitrogen functional groups attached to an aromatic ring is 1. The van der Waals surface area contributed by atoms with Crippen LogP contribution in [0.3, 0.4) is 0 Å². The van der Waals surface area contributed by atoms with Gasteiger partial charge in [0.15, 0.2) is 11.6 Å². The van der Waals surface area contributed by atoms with E-state index in [-0.39, 0.29) is 22.7 Å². The first kappa shape index (κ1) is 19.1. The average molecular weight is 403 g/mol. The van der Waals surface area contributed by atoms with Crippen molar-refractivity contribution >= 4 is 17.5 Å². The molecule has 2 heterocycles. The average Bonchev–Trinajstić information content (AvgIpc) is 2.74. The van der Waals surface area contributed by atoms with Gasteiger partial charge in [0.05, 0.1) is 5.56 Å². The highest BCUT2D eigenvalue weighted by Gasteiger charge is 2.13. The van der Waals surface area contributed by atoms with Gasteiger partial charge >= 0.3 is 0 Å². The molecule has 150 valence electrons. The largest absolute Gasteiger partial charge is 0.454 e. The van der Waals surface area contributed by atoms with Gasteiger partial charge in [0.25, 0.3) is 5.56 Å². The molecule has 4 rings (SSSR count). The highest BCUT2D eigenvalue weighted by Crippen LogP contribution is 2.28. The van der Waals surface area contributed by atoms with E-state index in [1.807, 2.05) is 30.3 Å². The number of halogens is 1. The molecule has 0 saturated heterocycles. The molecule has 0 spiro atoms. The fraction of sp³-hybridized carbons (Fsp3) is 0.0455. The molecule has 0 aliphatic carbocycles. The minimum absolute atomic E-state index is 0.0106. The Hall–Kier alpha value is -4.20. The van der Waals surface area contributed by atoms with Crippen LogP contribution in [0, 0.1) is 5.82 Å². The van der Waals surface area contributed by atoms with Crippen LogP contribution in [-0.4, -0.2) is 14.5 Å². The van der Waals surface area contributed by atoms with E-state index in [1.165, 1.54) is 35.2 Å². The number of nitrogens with zero attached hydrogens (tertiary/aromatic N) is 3. The van der Waals surface area contributed by atoms with E-state index in [0.29, 0.717) is 17.3 Å². The third-order valence-corrected chi connectivity index (χ3v) is 4.42. The molecule has 8 heteroatoms. The van der Waals surface area contributed by atoms with Crippen LogP contribution >= 0.6 is 0 Å². The number of hydrogen-bond acceptors (Lipinski definition) is 6. The number of benzene rings is 2. The molecule has 0 unspecified atom stereocenters. The van der Waals surface area contributed by atoms with Crippen LogP contribution in [-0.2, 0) is 7.05 Å². The van der Waals surface area contributed by atoms with Gasteiger partial charge in [-0.2, -0.15) is 0 Å². The summed E-state index contributed by atoms with van der Waals surface area (Å²) in [5.74, 6) is 0.407. The molecular weight excluding hydrogens is 385 g/mol. The summed E-state index contributed by atoms with van der Waals surface area (Å²) in [6.07, 6.45) is 2.89. The maximum atomic E-state index is 14.6. The standard InChI is InChI=1S/C22H18FN5O2/c1-28-21(29)17(13-26-22(28)27-15-5-3-2-4-6-15)14-7-8-19(18(23)11-14)30-16-9-10-25-20(24)12-16/h2-13H,1H3,(H2,24,25)(H,26,27). The number of rotatable bonds is 5. The van der Waals surface area contributed by atoms with Crippen molar-refractivity contribution in [2.24, 2.45) is 7.05 Å². The molecule has 0 bridgehead atoms. The summed E-state index contributed by atoms with van der Waals surface area (Å²) in [5, 5.41) is 3.09. The molecule has 0 fully saturated rings. The highest BCUT2D eigenvalue weighted by atomic mass is 19.1. The number of nitrogens with one attached hydrogen (secondary N) is 1. The van der Waals surface area contributed by atoms with E-state index in [9.17, 15) is 9.18 Å². The first-order chi connectivity index (χ1) is 14.5. The molecule has 7 nitrogen and oxygen atoms in total. The van der Waals surface area contributed by atoms with Gasteiger partial charge in [0.1, 0.15) is 11.6 Å². The molecular formula is C22H18FN5O2. The smallest absolute Gasteiger partial charge is 0.262 e. The zero-order chi connectivity index (χ0) is 21.1. The Kier molecular flexibility index (Phi) is 5.13. The van der Waals surface area contributed by atoms with Crippen molar-refractivity contribution in [3.05, 3.63) is 89.2 Å². The second-order valence-electron chi connectivity index (χ2n) is 6.51. The molecule has 0 aliphatic heterocycles. The summed E-state index contributed by atoms with van der Waals surface area (Å²) in [6, 6.07) is 16.7. The lowest BCUT2D eigenvalue weighted by Gasteiger charge is -2.12. The molecule has 0 aliphatic rings. The first-order valence-electron chi connectivity index (χ1n) is 9.08. The van der Waals surface area contributed by atoms with Gasteiger partial charge in [-0.1, -0.05) is 24.3 Å². The molecule has 3 N–H and O–H groups in total. The number of pyridine rings is 1. The number of aromatic nitrogens is 3. The number of hydrogen-bond donors (Lipinski definition) is 2. The van der Waals surface area contributed by atoms with Crippen molar-refractivity contribution in [3.8, 4) is 22.6 Å². The lowest BCUT2D eigenvalue weighted by Crippen LogP contribution is -2.22. The molecule has 0 amide bonds. The molecule has 4 aromatic rings. The summed E-state index contributed by atoms with van der Waals surface area (Å²) >= 11 is 0. The third kappa shape index (κ3) is 3.97. The maximum Gasteiger partial charge on any atom is 0.262 e. The zero-order valence-corrected chi connectivity index (χ0v) is 16.0. The van der Waals surface area contributed by atoms with Gasteiger partial charge in [0, 0.05) is 31.2 Å². The number of para-hydroxylation sites is 1. The summed E-state index contributed by atoms with van der Waals surface area (Å²) in [6.45, 7) is 0. The first-order valence-corrected chi connectivity index (χ1v) is 9.08. The Morgan fingerprint density at radius 2 is 1.87 bits per heavy atom. The van der Waals surface area contributed by atoms with Crippen molar-refractivity contribution in [2.45, 2.75) is 0 Å². The van der Waals surface area contributed by atoms with Crippen LogP contribution in [0.15, 0.2) is 77.9 Å². The SMILES string of the molecule is Cn1c(Nc2ccccc2)ncc(-c2ccc(Oc3ccnc(N)c3)c(F)c2)c1=O. The predicted octanol–water partition coefficient (Wildman–Crippen LogP) is 4.10. The Morgan fingerprint density at radius 3 is 2.60 bits per heavy atom. The van der Waals surface area contributed by atoms with Crippen molar-refractivity contribution in [3.63, 3.8) is 0 Å². The molecule has 0 saturated carbocycles. The van der Waals surface area contributed by atoms with E-state index in [2.05, 4.69) is 15.3 Å². The molecule has 2 aromatic carbocycles. The number of anilines is 3. The van der Waals surface area contributed by atoms with E-state index in [1.54, 1.807) is 19.2 Å². The number of nitrogens with two attached hydrogens (primary N) is 1. The molecule has 30 heavy (non-hydrogen) atoms. The van der Waals surface area contributed by atoms with Crippen LogP contribution in [0.2, 0.25) is 0 Å². The van der Waals surface area contributed by atoms with Crippen LogP contribution in [0.1, 0.15) is 0 Å². The second-order valence-corrected chi connectivity index (χ2v) is 6.51. The fourth-order valence-electron chi connectivity index (χ4n) is 2.88. The van der Waals surface area contributed by atoms with Crippen molar-refractivity contribution in [1.29, 1.82) is 0 Å². The summed E-state index contributed by atoms with van der Waals surface area (Å²) < 4.78 is 21.5. The van der Waals surface area contributed by atoms with Gasteiger partial charge < -0.3 is 15.8 Å². The van der Waals surface area contributed by atoms with Gasteiger partial charge in [0.2, 0.25) is 5.95 Å². The van der Waals surface area contributed by atoms with E-state index < -0.39 is 5.82 Å². The van der Waals surface area contributed by atoms with Crippen molar-refractivity contribution in [2.75, 3.05) is 11.1 Å². The van der Waals surface area contributed by atoms with Gasteiger partial charge in [-0.3, -0.25) is 9.36 Å². The van der Waals surface area contributed by atoms with Gasteiger partial charge in [-0.05, 0) is 35.9 Å². The van der Waals surface area contributed by atoms with Gasteiger partial charge in [-0.25, -0.2) is 14.4 Å². The van der Waals surface area contributed by atoms with Crippen molar-refractivity contribution in [1.82, 2.24) is 14.5 Å². The molecule has 0 atom stereocenters. The zero-order valence-electron chi connectivity index (χ0n) is 16.0. The normalized spacial score (nSPS) is 10.6. The van der Waals surface area contributed by atoms with E-state index in [4.69, 9.17) is 10.5 Å². The monoisotopic (exact) mass is 403 g/mol. The second kappa shape index (κ2) is 8.04. The summed E-state index contributed by atoms with van der Waals surface area (Å²) in [5.41, 5.74) is 6.77. The Morgan fingerprint density at radius 1 is 1.07 bits per heavy atom. The summed E-state index contributed by atoms with van der Waals surface area (Å²) in [4.78, 5) is 21.0.